The van der Waals surface area contributed by atoms with Crippen molar-refractivity contribution in [2.45, 2.75) is 31.2 Å². The molecule has 128 valence electrons. The van der Waals surface area contributed by atoms with E-state index in [2.05, 4.69) is 10.3 Å². The Bertz CT molecular complexity index is 637. The summed E-state index contributed by atoms with van der Waals surface area (Å²) in [6.07, 6.45) is 1.26. The van der Waals surface area contributed by atoms with Crippen LogP contribution in [0, 0.1) is 5.82 Å². The minimum absolute atomic E-state index is 0.114. The number of benzene rings is 1. The van der Waals surface area contributed by atoms with E-state index < -0.39 is 12.1 Å². The molecule has 2 aromatic rings. The first-order valence-corrected chi connectivity index (χ1v) is 8.92. The van der Waals surface area contributed by atoms with Crippen molar-refractivity contribution in [2.24, 2.45) is 0 Å². The lowest BCUT2D eigenvalue weighted by molar-refractivity contribution is -0.122. The van der Waals surface area contributed by atoms with E-state index in [9.17, 15) is 14.3 Å². The lowest BCUT2D eigenvalue weighted by Gasteiger charge is -2.20. The smallest absolute Gasteiger partial charge is 0.221 e. The third kappa shape index (κ3) is 5.94. The van der Waals surface area contributed by atoms with Crippen LogP contribution in [0.1, 0.15) is 30.7 Å². The van der Waals surface area contributed by atoms with Gasteiger partial charge < -0.3 is 10.4 Å². The molecule has 4 nitrogen and oxygen atoms in total. The number of nitrogens with zero attached hydrogens (tertiary/aromatic N) is 1. The van der Waals surface area contributed by atoms with Gasteiger partial charge in [-0.15, -0.1) is 0 Å². The van der Waals surface area contributed by atoms with Crippen LogP contribution in [0.5, 0.6) is 0 Å². The molecule has 6 heteroatoms. The average molecular weight is 348 g/mol. The predicted molar refractivity (Wildman–Crippen MR) is 94.0 cm³/mol. The number of nitrogens with one attached hydrogen (secondary N) is 1. The molecule has 0 spiro atoms. The molecule has 1 heterocycles. The zero-order valence-electron chi connectivity index (χ0n) is 13.5. The maximum atomic E-state index is 12.9. The highest BCUT2D eigenvalue weighted by atomic mass is 32.2. The summed E-state index contributed by atoms with van der Waals surface area (Å²) in [7, 11) is 0. The van der Waals surface area contributed by atoms with Crippen LogP contribution in [0.2, 0.25) is 0 Å². The molecule has 1 aromatic heterocycles. The highest BCUT2D eigenvalue weighted by Gasteiger charge is 2.18. The maximum Gasteiger partial charge on any atom is 0.221 e. The minimum Gasteiger partial charge on any atom is -0.386 e. The van der Waals surface area contributed by atoms with Gasteiger partial charge in [-0.3, -0.25) is 9.78 Å². The maximum absolute atomic E-state index is 12.9. The SMILES string of the molecule is CC(NC(=O)CCSCc1ccccn1)C(O)c1ccc(F)cc1. The highest BCUT2D eigenvalue weighted by Crippen LogP contribution is 2.17. The highest BCUT2D eigenvalue weighted by molar-refractivity contribution is 7.98. The molecule has 24 heavy (non-hydrogen) atoms. The summed E-state index contributed by atoms with van der Waals surface area (Å²) in [5, 5.41) is 13.0. The third-order valence-electron chi connectivity index (χ3n) is 3.52. The van der Waals surface area contributed by atoms with Gasteiger partial charge in [0, 0.05) is 24.1 Å². The number of amides is 1. The summed E-state index contributed by atoms with van der Waals surface area (Å²) < 4.78 is 12.9. The molecule has 0 saturated heterocycles. The van der Waals surface area contributed by atoms with Gasteiger partial charge in [0.25, 0.3) is 0 Å². The van der Waals surface area contributed by atoms with Gasteiger partial charge in [0.15, 0.2) is 0 Å². The third-order valence-corrected chi connectivity index (χ3v) is 4.52. The van der Waals surface area contributed by atoms with Gasteiger partial charge in [-0.25, -0.2) is 4.39 Å². The Kier molecular flexibility index (Phi) is 7.21. The van der Waals surface area contributed by atoms with Crippen LogP contribution < -0.4 is 5.32 Å². The number of thioether (sulfide) groups is 1. The first kappa shape index (κ1) is 18.4. The van der Waals surface area contributed by atoms with Gasteiger partial charge >= 0.3 is 0 Å². The van der Waals surface area contributed by atoms with Crippen molar-refractivity contribution in [3.8, 4) is 0 Å². The van der Waals surface area contributed by atoms with Gasteiger partial charge in [0.05, 0.1) is 17.8 Å². The fourth-order valence-corrected chi connectivity index (χ4v) is 3.03. The second-order valence-corrected chi connectivity index (χ2v) is 6.58. The number of aliphatic hydroxyl groups excluding tert-OH is 1. The average Bonchev–Trinajstić information content (AvgIpc) is 2.59. The van der Waals surface area contributed by atoms with Gasteiger partial charge in [0.2, 0.25) is 5.91 Å². The number of carbonyl (C=O) groups is 1. The summed E-state index contributed by atoms with van der Waals surface area (Å²) in [5.41, 5.74) is 1.57. The topological polar surface area (TPSA) is 62.2 Å². The zero-order chi connectivity index (χ0) is 17.4. The molecular formula is C18H21FN2O2S. The summed E-state index contributed by atoms with van der Waals surface area (Å²) in [5.74, 6) is 0.980. The van der Waals surface area contributed by atoms with Crippen molar-refractivity contribution in [3.63, 3.8) is 0 Å². The van der Waals surface area contributed by atoms with Crippen molar-refractivity contribution in [1.29, 1.82) is 0 Å². The van der Waals surface area contributed by atoms with Crippen LogP contribution in [0.3, 0.4) is 0 Å². The molecule has 0 aliphatic rings. The zero-order valence-corrected chi connectivity index (χ0v) is 14.3. The van der Waals surface area contributed by atoms with Crippen LogP contribution in [0.4, 0.5) is 4.39 Å². The van der Waals surface area contributed by atoms with E-state index in [0.717, 1.165) is 11.4 Å². The molecular weight excluding hydrogens is 327 g/mol. The van der Waals surface area contributed by atoms with Crippen LogP contribution in [0.15, 0.2) is 48.7 Å². The minimum atomic E-state index is -0.865. The van der Waals surface area contributed by atoms with E-state index in [4.69, 9.17) is 0 Å². The molecule has 0 aliphatic heterocycles. The second kappa shape index (κ2) is 9.39. The monoisotopic (exact) mass is 348 g/mol. The predicted octanol–water partition coefficient (Wildman–Crippen LogP) is 3.08. The Morgan fingerprint density at radius 1 is 1.29 bits per heavy atom. The van der Waals surface area contributed by atoms with Crippen molar-refractivity contribution in [1.82, 2.24) is 10.3 Å². The van der Waals surface area contributed by atoms with E-state index in [0.29, 0.717) is 17.7 Å². The van der Waals surface area contributed by atoms with Crippen LogP contribution in [0.25, 0.3) is 0 Å². The summed E-state index contributed by atoms with van der Waals surface area (Å²) >= 11 is 1.64. The second-order valence-electron chi connectivity index (χ2n) is 5.48. The Balaban J connectivity index is 1.70. The Morgan fingerprint density at radius 2 is 2.04 bits per heavy atom. The first-order chi connectivity index (χ1) is 11.6. The molecule has 1 amide bonds. The van der Waals surface area contributed by atoms with E-state index in [1.807, 2.05) is 18.2 Å². The van der Waals surface area contributed by atoms with Crippen LogP contribution in [-0.4, -0.2) is 27.8 Å². The lowest BCUT2D eigenvalue weighted by Crippen LogP contribution is -2.37. The Hall–Kier alpha value is -1.92. The number of pyridine rings is 1. The molecule has 1 aromatic carbocycles. The lowest BCUT2D eigenvalue weighted by atomic mass is 10.0. The molecule has 2 unspecified atom stereocenters. The van der Waals surface area contributed by atoms with Crippen LogP contribution >= 0.6 is 11.8 Å². The largest absolute Gasteiger partial charge is 0.386 e. The van der Waals surface area contributed by atoms with Gasteiger partial charge in [0.1, 0.15) is 5.82 Å². The quantitative estimate of drug-likeness (QED) is 0.720. The van der Waals surface area contributed by atoms with Crippen molar-refractivity contribution >= 4 is 17.7 Å². The molecule has 2 N–H and O–H groups in total. The molecule has 0 radical (unpaired) electrons. The summed E-state index contributed by atoms with van der Waals surface area (Å²) in [6.45, 7) is 1.73. The van der Waals surface area contributed by atoms with Gasteiger partial charge in [-0.05, 0) is 36.8 Å². The summed E-state index contributed by atoms with van der Waals surface area (Å²) in [6, 6.07) is 10.9. The Morgan fingerprint density at radius 3 is 2.71 bits per heavy atom. The van der Waals surface area contributed by atoms with E-state index in [1.54, 1.807) is 24.9 Å². The van der Waals surface area contributed by atoms with Crippen molar-refractivity contribution in [3.05, 3.63) is 65.7 Å². The molecule has 2 rings (SSSR count). The van der Waals surface area contributed by atoms with Crippen molar-refractivity contribution < 1.29 is 14.3 Å². The number of hydrogen-bond acceptors (Lipinski definition) is 4. The van der Waals surface area contributed by atoms with Gasteiger partial charge in [-0.2, -0.15) is 11.8 Å². The molecule has 0 fully saturated rings. The number of aliphatic hydroxyl groups is 1. The van der Waals surface area contributed by atoms with Gasteiger partial charge in [-0.1, -0.05) is 18.2 Å². The number of aromatic nitrogens is 1. The fourth-order valence-electron chi connectivity index (χ4n) is 2.18. The molecule has 0 aliphatic carbocycles. The number of hydrogen-bond donors (Lipinski definition) is 2. The molecule has 0 saturated carbocycles. The first-order valence-electron chi connectivity index (χ1n) is 7.77. The summed E-state index contributed by atoms with van der Waals surface area (Å²) in [4.78, 5) is 16.2. The normalized spacial score (nSPS) is 13.3. The molecule has 0 bridgehead atoms. The Labute approximate surface area is 145 Å². The van der Waals surface area contributed by atoms with Crippen LogP contribution in [-0.2, 0) is 10.5 Å². The van der Waals surface area contributed by atoms with Crippen molar-refractivity contribution in [2.75, 3.05) is 5.75 Å². The molecule has 2 atom stereocenters. The standard InChI is InChI=1S/C18H21FN2O2S/c1-13(18(23)14-5-7-15(19)8-6-14)21-17(22)9-11-24-12-16-4-2-3-10-20-16/h2-8,10,13,18,23H,9,11-12H2,1H3,(H,21,22). The van der Waals surface area contributed by atoms with E-state index in [-0.39, 0.29) is 11.7 Å². The fraction of sp³-hybridized carbons (Fsp3) is 0.333. The number of carbonyl (C=O) groups excluding carboxylic acids is 1. The van der Waals surface area contributed by atoms with E-state index in [1.165, 1.54) is 24.3 Å². The van der Waals surface area contributed by atoms with E-state index >= 15 is 0 Å². The number of rotatable bonds is 8. The number of halogens is 1.